The minimum atomic E-state index is 0.623. The van der Waals surface area contributed by atoms with Gasteiger partial charge in [0.15, 0.2) is 0 Å². The third kappa shape index (κ3) is 2.80. The zero-order valence-corrected chi connectivity index (χ0v) is 11.4. The van der Waals surface area contributed by atoms with Crippen LogP contribution in [0.5, 0.6) is 11.5 Å². The standard InChI is InChI=1S/C14H14BrNO/c1-9-3-5-12(7-10(9)2)17-14-6-4-11(15)8-13(14)16/h3-8H,16H2,1-2H3. The summed E-state index contributed by atoms with van der Waals surface area (Å²) in [5, 5.41) is 0. The zero-order valence-electron chi connectivity index (χ0n) is 9.83. The lowest BCUT2D eigenvalue weighted by molar-refractivity contribution is 0.484. The van der Waals surface area contributed by atoms with Gasteiger partial charge in [-0.1, -0.05) is 22.0 Å². The molecular weight excluding hydrogens is 278 g/mol. The Balaban J connectivity index is 2.28. The first-order chi connectivity index (χ1) is 8.06. The Morgan fingerprint density at radius 2 is 1.76 bits per heavy atom. The number of nitrogen functional groups attached to an aromatic ring is 1. The average molecular weight is 292 g/mol. The van der Waals surface area contributed by atoms with E-state index in [1.54, 1.807) is 0 Å². The maximum Gasteiger partial charge on any atom is 0.150 e. The maximum absolute atomic E-state index is 5.88. The molecule has 0 fully saturated rings. The lowest BCUT2D eigenvalue weighted by atomic mass is 10.1. The number of anilines is 1. The summed E-state index contributed by atoms with van der Waals surface area (Å²) in [6.07, 6.45) is 0. The van der Waals surface area contributed by atoms with E-state index in [9.17, 15) is 0 Å². The summed E-state index contributed by atoms with van der Waals surface area (Å²) < 4.78 is 6.70. The molecule has 2 N–H and O–H groups in total. The summed E-state index contributed by atoms with van der Waals surface area (Å²) in [7, 11) is 0. The topological polar surface area (TPSA) is 35.2 Å². The number of benzene rings is 2. The van der Waals surface area contributed by atoms with Crippen LogP contribution in [0.1, 0.15) is 11.1 Å². The molecule has 0 saturated carbocycles. The van der Waals surface area contributed by atoms with Gasteiger partial charge < -0.3 is 10.5 Å². The van der Waals surface area contributed by atoms with Crippen LogP contribution in [0.2, 0.25) is 0 Å². The molecule has 0 aromatic heterocycles. The van der Waals surface area contributed by atoms with Crippen molar-refractivity contribution in [3.05, 3.63) is 52.0 Å². The lowest BCUT2D eigenvalue weighted by Gasteiger charge is -2.10. The van der Waals surface area contributed by atoms with Crippen LogP contribution < -0.4 is 10.5 Å². The van der Waals surface area contributed by atoms with E-state index in [4.69, 9.17) is 10.5 Å². The van der Waals surface area contributed by atoms with E-state index in [0.717, 1.165) is 10.2 Å². The molecular formula is C14H14BrNO. The van der Waals surface area contributed by atoms with Crippen molar-refractivity contribution < 1.29 is 4.74 Å². The first-order valence-electron chi connectivity index (χ1n) is 5.36. The number of ether oxygens (including phenoxy) is 1. The molecule has 0 heterocycles. The highest BCUT2D eigenvalue weighted by molar-refractivity contribution is 9.10. The maximum atomic E-state index is 5.88. The van der Waals surface area contributed by atoms with E-state index in [-0.39, 0.29) is 0 Å². The number of aryl methyl sites for hydroxylation is 2. The fourth-order valence-electron chi connectivity index (χ4n) is 1.52. The number of halogens is 1. The molecule has 0 aliphatic carbocycles. The molecule has 2 aromatic carbocycles. The van der Waals surface area contributed by atoms with Gasteiger partial charge >= 0.3 is 0 Å². The summed E-state index contributed by atoms with van der Waals surface area (Å²) in [5.74, 6) is 1.48. The van der Waals surface area contributed by atoms with Crippen molar-refractivity contribution >= 4 is 21.6 Å². The number of hydrogen-bond donors (Lipinski definition) is 1. The highest BCUT2D eigenvalue weighted by Crippen LogP contribution is 2.30. The summed E-state index contributed by atoms with van der Waals surface area (Å²) in [5.41, 5.74) is 8.96. The normalized spacial score (nSPS) is 10.3. The van der Waals surface area contributed by atoms with Crippen molar-refractivity contribution in [1.29, 1.82) is 0 Å². The molecule has 88 valence electrons. The van der Waals surface area contributed by atoms with Crippen molar-refractivity contribution in [1.82, 2.24) is 0 Å². The number of nitrogens with two attached hydrogens (primary N) is 1. The van der Waals surface area contributed by atoms with E-state index in [1.165, 1.54) is 11.1 Å². The van der Waals surface area contributed by atoms with Crippen molar-refractivity contribution in [2.24, 2.45) is 0 Å². The quantitative estimate of drug-likeness (QED) is 0.830. The molecule has 0 bridgehead atoms. The van der Waals surface area contributed by atoms with Gasteiger partial charge in [-0.05, 0) is 55.3 Å². The number of rotatable bonds is 2. The lowest BCUT2D eigenvalue weighted by Crippen LogP contribution is -1.92. The minimum Gasteiger partial charge on any atom is -0.455 e. The van der Waals surface area contributed by atoms with Crippen molar-refractivity contribution in [2.75, 3.05) is 5.73 Å². The third-order valence-corrected chi connectivity index (χ3v) is 3.17. The second kappa shape index (κ2) is 4.80. The minimum absolute atomic E-state index is 0.623. The first kappa shape index (κ1) is 12.0. The predicted octanol–water partition coefficient (Wildman–Crippen LogP) is 4.44. The fourth-order valence-corrected chi connectivity index (χ4v) is 1.90. The van der Waals surface area contributed by atoms with Gasteiger partial charge in [0, 0.05) is 4.47 Å². The van der Waals surface area contributed by atoms with Gasteiger partial charge in [-0.15, -0.1) is 0 Å². The van der Waals surface area contributed by atoms with Crippen molar-refractivity contribution in [3.8, 4) is 11.5 Å². The Morgan fingerprint density at radius 3 is 2.41 bits per heavy atom. The molecule has 3 heteroatoms. The highest BCUT2D eigenvalue weighted by Gasteiger charge is 2.03. The molecule has 0 aliphatic heterocycles. The van der Waals surface area contributed by atoms with Gasteiger partial charge in [-0.2, -0.15) is 0 Å². The molecule has 0 amide bonds. The van der Waals surface area contributed by atoms with E-state index in [2.05, 4.69) is 29.8 Å². The van der Waals surface area contributed by atoms with Gasteiger partial charge in [0.2, 0.25) is 0 Å². The SMILES string of the molecule is Cc1ccc(Oc2ccc(Br)cc2N)cc1C. The summed E-state index contributed by atoms with van der Waals surface area (Å²) in [4.78, 5) is 0. The molecule has 2 nitrogen and oxygen atoms in total. The van der Waals surface area contributed by atoms with Gasteiger partial charge in [0.05, 0.1) is 5.69 Å². The molecule has 2 rings (SSSR count). The smallest absolute Gasteiger partial charge is 0.150 e. The molecule has 0 saturated heterocycles. The van der Waals surface area contributed by atoms with Gasteiger partial charge in [-0.3, -0.25) is 0 Å². The van der Waals surface area contributed by atoms with Gasteiger partial charge in [0.1, 0.15) is 11.5 Å². The summed E-state index contributed by atoms with van der Waals surface area (Å²) in [6, 6.07) is 11.6. The van der Waals surface area contributed by atoms with Crippen LogP contribution in [0.3, 0.4) is 0 Å². The first-order valence-corrected chi connectivity index (χ1v) is 6.15. The Kier molecular flexibility index (Phi) is 3.38. The Hall–Kier alpha value is -1.48. The highest BCUT2D eigenvalue weighted by atomic mass is 79.9. The second-order valence-electron chi connectivity index (χ2n) is 4.03. The van der Waals surface area contributed by atoms with Crippen LogP contribution in [-0.2, 0) is 0 Å². The van der Waals surface area contributed by atoms with Crippen LogP contribution in [0.15, 0.2) is 40.9 Å². The van der Waals surface area contributed by atoms with Crippen molar-refractivity contribution in [2.45, 2.75) is 13.8 Å². The molecule has 2 aromatic rings. The number of hydrogen-bond acceptors (Lipinski definition) is 2. The zero-order chi connectivity index (χ0) is 12.4. The van der Waals surface area contributed by atoms with Crippen molar-refractivity contribution in [3.63, 3.8) is 0 Å². The van der Waals surface area contributed by atoms with Crippen LogP contribution >= 0.6 is 15.9 Å². The molecule has 0 spiro atoms. The Labute approximate surface area is 110 Å². The van der Waals surface area contributed by atoms with Gasteiger partial charge in [0.25, 0.3) is 0 Å². The van der Waals surface area contributed by atoms with Gasteiger partial charge in [-0.25, -0.2) is 0 Å². The predicted molar refractivity (Wildman–Crippen MR) is 74.5 cm³/mol. The summed E-state index contributed by atoms with van der Waals surface area (Å²) in [6.45, 7) is 4.14. The van der Waals surface area contributed by atoms with Crippen LogP contribution in [-0.4, -0.2) is 0 Å². The third-order valence-electron chi connectivity index (χ3n) is 2.68. The Bertz CT molecular complexity index is 552. The van der Waals surface area contributed by atoms with Crippen LogP contribution in [0.25, 0.3) is 0 Å². The molecule has 0 unspecified atom stereocenters. The van der Waals surface area contributed by atoms with E-state index in [1.807, 2.05) is 36.4 Å². The molecule has 0 aliphatic rings. The Morgan fingerprint density at radius 1 is 1.00 bits per heavy atom. The molecule has 17 heavy (non-hydrogen) atoms. The fraction of sp³-hybridized carbons (Fsp3) is 0.143. The average Bonchev–Trinajstić information content (AvgIpc) is 2.27. The largest absolute Gasteiger partial charge is 0.455 e. The summed E-state index contributed by atoms with van der Waals surface area (Å²) >= 11 is 3.37. The second-order valence-corrected chi connectivity index (χ2v) is 4.95. The van der Waals surface area contributed by atoms with E-state index >= 15 is 0 Å². The van der Waals surface area contributed by atoms with E-state index in [0.29, 0.717) is 11.4 Å². The molecule has 0 atom stereocenters. The molecule has 0 radical (unpaired) electrons. The van der Waals surface area contributed by atoms with Crippen LogP contribution in [0, 0.1) is 13.8 Å². The monoisotopic (exact) mass is 291 g/mol. The van der Waals surface area contributed by atoms with E-state index < -0.39 is 0 Å². The van der Waals surface area contributed by atoms with Crippen LogP contribution in [0.4, 0.5) is 5.69 Å².